The van der Waals surface area contributed by atoms with Crippen molar-refractivity contribution in [2.45, 2.75) is 45.7 Å². The molecule has 2 atom stereocenters. The van der Waals surface area contributed by atoms with Crippen LogP contribution in [0.25, 0.3) is 0 Å². The highest BCUT2D eigenvalue weighted by Gasteiger charge is 2.09. The van der Waals surface area contributed by atoms with Gasteiger partial charge in [0.15, 0.2) is 0 Å². The van der Waals surface area contributed by atoms with Gasteiger partial charge in [-0.2, -0.15) is 11.8 Å². The van der Waals surface area contributed by atoms with Crippen molar-refractivity contribution in [2.75, 3.05) is 18.6 Å². The summed E-state index contributed by atoms with van der Waals surface area (Å²) in [4.78, 5) is 11.5. The number of hydrogen-bond acceptors (Lipinski definition) is 3. The van der Waals surface area contributed by atoms with Crippen LogP contribution < -0.4 is 10.6 Å². The summed E-state index contributed by atoms with van der Waals surface area (Å²) in [6.45, 7) is 6.73. The minimum atomic E-state index is 0.108. The van der Waals surface area contributed by atoms with E-state index in [1.165, 1.54) is 0 Å². The van der Waals surface area contributed by atoms with E-state index in [1.807, 2.05) is 0 Å². The third kappa shape index (κ3) is 7.68. The molecule has 0 aliphatic rings. The second kappa shape index (κ2) is 9.04. The van der Waals surface area contributed by atoms with E-state index in [0.717, 1.165) is 18.6 Å². The monoisotopic (exact) mass is 232 g/mol. The molecule has 0 aromatic heterocycles. The number of carbonyl (C=O) groups excluding carboxylic acids is 1. The van der Waals surface area contributed by atoms with Gasteiger partial charge in [-0.25, -0.2) is 0 Å². The van der Waals surface area contributed by atoms with Crippen LogP contribution in [0.2, 0.25) is 0 Å². The van der Waals surface area contributed by atoms with Gasteiger partial charge in [0.1, 0.15) is 0 Å². The van der Waals surface area contributed by atoms with E-state index in [1.54, 1.807) is 11.8 Å². The molecular formula is C11H24N2OS. The first-order chi connectivity index (χ1) is 7.13. The maximum atomic E-state index is 11.5. The smallest absolute Gasteiger partial charge is 0.234 e. The Labute approximate surface area is 97.8 Å². The van der Waals surface area contributed by atoms with Crippen LogP contribution in [-0.2, 0) is 4.79 Å². The quantitative estimate of drug-likeness (QED) is 0.668. The molecule has 0 heterocycles. The predicted molar refractivity (Wildman–Crippen MR) is 68.4 cm³/mol. The summed E-state index contributed by atoms with van der Waals surface area (Å²) in [5.74, 6) is 1.10. The Hall–Kier alpha value is -0.220. The first kappa shape index (κ1) is 14.8. The lowest BCUT2D eigenvalue weighted by Crippen LogP contribution is -2.43. The zero-order valence-electron chi connectivity index (χ0n) is 10.3. The van der Waals surface area contributed by atoms with Crippen molar-refractivity contribution < 1.29 is 4.79 Å². The molecule has 2 unspecified atom stereocenters. The van der Waals surface area contributed by atoms with Gasteiger partial charge in [-0.1, -0.05) is 13.8 Å². The number of thioether (sulfide) groups is 1. The lowest BCUT2D eigenvalue weighted by molar-refractivity contribution is -0.120. The molecular weight excluding hydrogens is 208 g/mol. The molecule has 0 aliphatic carbocycles. The molecule has 1 amide bonds. The minimum absolute atomic E-state index is 0.108. The molecule has 0 saturated carbocycles. The van der Waals surface area contributed by atoms with Gasteiger partial charge < -0.3 is 10.6 Å². The molecule has 0 aliphatic heterocycles. The first-order valence-corrected chi connectivity index (χ1v) is 7.05. The van der Waals surface area contributed by atoms with Crippen molar-refractivity contribution in [3.05, 3.63) is 0 Å². The van der Waals surface area contributed by atoms with Crippen LogP contribution in [0.1, 0.15) is 33.6 Å². The minimum Gasteiger partial charge on any atom is -0.351 e. The summed E-state index contributed by atoms with van der Waals surface area (Å²) >= 11 is 1.77. The molecule has 0 aromatic rings. The average molecular weight is 232 g/mol. The maximum Gasteiger partial charge on any atom is 0.234 e. The zero-order chi connectivity index (χ0) is 11.7. The molecule has 3 nitrogen and oxygen atoms in total. The standard InChI is InChI=1S/C11H24N2OS/c1-5-9(3)12-7-11(14)13-10(6-2)8-15-4/h9-10,12H,5-8H2,1-4H3,(H,13,14). The highest BCUT2D eigenvalue weighted by atomic mass is 32.2. The Morgan fingerprint density at radius 2 is 2.00 bits per heavy atom. The number of amides is 1. The highest BCUT2D eigenvalue weighted by molar-refractivity contribution is 7.98. The summed E-state index contributed by atoms with van der Waals surface area (Å²) in [6, 6.07) is 0.725. The fourth-order valence-electron chi connectivity index (χ4n) is 1.15. The van der Waals surface area contributed by atoms with Crippen LogP contribution in [0, 0.1) is 0 Å². The van der Waals surface area contributed by atoms with Gasteiger partial charge in [0.2, 0.25) is 5.91 Å². The largest absolute Gasteiger partial charge is 0.351 e. The summed E-state index contributed by atoms with van der Waals surface area (Å²) in [6.07, 6.45) is 4.11. The van der Waals surface area contributed by atoms with Crippen molar-refractivity contribution in [1.29, 1.82) is 0 Å². The van der Waals surface area contributed by atoms with Gasteiger partial charge in [-0.05, 0) is 26.0 Å². The predicted octanol–water partition coefficient (Wildman–Crippen LogP) is 1.63. The van der Waals surface area contributed by atoms with Gasteiger partial charge in [0.05, 0.1) is 6.54 Å². The molecule has 90 valence electrons. The van der Waals surface area contributed by atoms with E-state index in [9.17, 15) is 4.79 Å². The Balaban J connectivity index is 3.70. The van der Waals surface area contributed by atoms with E-state index in [4.69, 9.17) is 0 Å². The second-order valence-electron chi connectivity index (χ2n) is 3.82. The third-order valence-corrected chi connectivity index (χ3v) is 3.18. The Morgan fingerprint density at radius 3 is 2.47 bits per heavy atom. The number of hydrogen-bond donors (Lipinski definition) is 2. The van der Waals surface area contributed by atoms with Crippen molar-refractivity contribution in [1.82, 2.24) is 10.6 Å². The molecule has 15 heavy (non-hydrogen) atoms. The van der Waals surface area contributed by atoms with Crippen molar-refractivity contribution in [3.63, 3.8) is 0 Å². The average Bonchev–Trinajstić information content (AvgIpc) is 2.25. The fourth-order valence-corrected chi connectivity index (χ4v) is 1.87. The highest BCUT2D eigenvalue weighted by Crippen LogP contribution is 2.00. The van der Waals surface area contributed by atoms with Crippen molar-refractivity contribution in [2.24, 2.45) is 0 Å². The molecule has 0 radical (unpaired) electrons. The van der Waals surface area contributed by atoms with Gasteiger partial charge in [-0.3, -0.25) is 4.79 Å². The summed E-state index contributed by atoms with van der Waals surface area (Å²) < 4.78 is 0. The summed E-state index contributed by atoms with van der Waals surface area (Å²) in [5.41, 5.74) is 0. The third-order valence-electron chi connectivity index (χ3n) is 2.45. The molecule has 0 bridgehead atoms. The molecule has 0 aromatic carbocycles. The van der Waals surface area contributed by atoms with E-state index in [0.29, 0.717) is 18.6 Å². The first-order valence-electron chi connectivity index (χ1n) is 5.65. The van der Waals surface area contributed by atoms with Crippen LogP contribution in [-0.4, -0.2) is 36.5 Å². The van der Waals surface area contributed by atoms with E-state index in [2.05, 4.69) is 37.7 Å². The number of carbonyl (C=O) groups is 1. The van der Waals surface area contributed by atoms with Crippen LogP contribution in [0.4, 0.5) is 0 Å². The molecule has 0 fully saturated rings. The van der Waals surface area contributed by atoms with Gasteiger partial charge in [0, 0.05) is 17.8 Å². The van der Waals surface area contributed by atoms with Crippen LogP contribution >= 0.6 is 11.8 Å². The van der Waals surface area contributed by atoms with E-state index >= 15 is 0 Å². The number of nitrogens with one attached hydrogen (secondary N) is 2. The lowest BCUT2D eigenvalue weighted by Gasteiger charge is -2.17. The number of rotatable bonds is 8. The molecule has 2 N–H and O–H groups in total. The zero-order valence-corrected chi connectivity index (χ0v) is 11.1. The fraction of sp³-hybridized carbons (Fsp3) is 0.909. The molecule has 0 spiro atoms. The molecule has 0 rings (SSSR count). The van der Waals surface area contributed by atoms with Crippen molar-refractivity contribution in [3.8, 4) is 0 Å². The normalized spacial score (nSPS) is 14.7. The van der Waals surface area contributed by atoms with Gasteiger partial charge in [0.25, 0.3) is 0 Å². The summed E-state index contributed by atoms with van der Waals surface area (Å²) in [7, 11) is 0. The Morgan fingerprint density at radius 1 is 1.33 bits per heavy atom. The van der Waals surface area contributed by atoms with Gasteiger partial charge in [-0.15, -0.1) is 0 Å². The SMILES string of the molecule is CCC(C)NCC(=O)NC(CC)CSC. The second-order valence-corrected chi connectivity index (χ2v) is 4.73. The van der Waals surface area contributed by atoms with Crippen LogP contribution in [0.15, 0.2) is 0 Å². The van der Waals surface area contributed by atoms with Gasteiger partial charge >= 0.3 is 0 Å². The maximum absolute atomic E-state index is 11.5. The Bertz CT molecular complexity index is 176. The Kier molecular flexibility index (Phi) is 8.91. The van der Waals surface area contributed by atoms with E-state index < -0.39 is 0 Å². The topological polar surface area (TPSA) is 41.1 Å². The van der Waals surface area contributed by atoms with E-state index in [-0.39, 0.29) is 5.91 Å². The molecule has 0 saturated heterocycles. The lowest BCUT2D eigenvalue weighted by atomic mass is 10.2. The van der Waals surface area contributed by atoms with Crippen molar-refractivity contribution >= 4 is 17.7 Å². The summed E-state index contributed by atoms with van der Waals surface area (Å²) in [5, 5.41) is 6.21. The van der Waals surface area contributed by atoms with Crippen LogP contribution in [0.3, 0.4) is 0 Å². The van der Waals surface area contributed by atoms with Crippen LogP contribution in [0.5, 0.6) is 0 Å². The molecule has 4 heteroatoms.